The Labute approximate surface area is 119 Å². The van der Waals surface area contributed by atoms with Crippen LogP contribution in [-0.4, -0.2) is 50.0 Å². The minimum atomic E-state index is -0.0296. The van der Waals surface area contributed by atoms with Crippen molar-refractivity contribution in [3.8, 4) is 0 Å². The van der Waals surface area contributed by atoms with Gasteiger partial charge < -0.3 is 15.5 Å². The first-order valence-corrected chi connectivity index (χ1v) is 7.60. The van der Waals surface area contributed by atoms with Crippen LogP contribution in [0, 0.1) is 0 Å². The fourth-order valence-corrected chi connectivity index (χ4v) is 2.56. The Morgan fingerprint density at radius 1 is 1.37 bits per heavy atom. The lowest BCUT2D eigenvalue weighted by Crippen LogP contribution is -2.31. The van der Waals surface area contributed by atoms with Crippen molar-refractivity contribution in [1.29, 1.82) is 0 Å². The maximum Gasteiger partial charge on any atom is 0.253 e. The van der Waals surface area contributed by atoms with Crippen LogP contribution in [0.25, 0.3) is 0 Å². The molecule has 19 heavy (non-hydrogen) atoms. The van der Waals surface area contributed by atoms with Gasteiger partial charge >= 0.3 is 0 Å². The molecule has 1 amide bonds. The highest BCUT2D eigenvalue weighted by Crippen LogP contribution is 2.26. The van der Waals surface area contributed by atoms with E-state index in [1.807, 2.05) is 30.9 Å². The zero-order valence-electron chi connectivity index (χ0n) is 12.3. The first-order chi connectivity index (χ1) is 8.88. The molecule has 1 rings (SSSR count). The third-order valence-corrected chi connectivity index (χ3v) is 3.95. The number of carbonyl (C=O) groups excluding carboxylic acids is 1. The predicted molar refractivity (Wildman–Crippen MR) is 85.1 cm³/mol. The van der Waals surface area contributed by atoms with Gasteiger partial charge in [-0.2, -0.15) is 11.8 Å². The lowest BCUT2D eigenvalue weighted by atomic mass is 10.1. The molecule has 2 N–H and O–H groups in total. The molecule has 0 aliphatic rings. The van der Waals surface area contributed by atoms with E-state index in [0.717, 1.165) is 11.4 Å². The van der Waals surface area contributed by atoms with Gasteiger partial charge in [0.1, 0.15) is 0 Å². The zero-order valence-corrected chi connectivity index (χ0v) is 13.1. The fourth-order valence-electron chi connectivity index (χ4n) is 1.86. The lowest BCUT2D eigenvalue weighted by Gasteiger charge is -2.28. The molecule has 0 saturated heterocycles. The summed E-state index contributed by atoms with van der Waals surface area (Å²) >= 11 is 1.81. The van der Waals surface area contributed by atoms with Crippen LogP contribution in [0.5, 0.6) is 0 Å². The van der Waals surface area contributed by atoms with Crippen LogP contribution >= 0.6 is 11.8 Å². The topological polar surface area (TPSA) is 49.6 Å². The van der Waals surface area contributed by atoms with Crippen molar-refractivity contribution in [2.45, 2.75) is 13.0 Å². The molecule has 0 heterocycles. The van der Waals surface area contributed by atoms with E-state index in [1.54, 1.807) is 25.1 Å². The Balaban J connectivity index is 2.97. The van der Waals surface area contributed by atoms with Crippen molar-refractivity contribution >= 4 is 29.0 Å². The van der Waals surface area contributed by atoms with Crippen LogP contribution in [0.15, 0.2) is 18.2 Å². The number of thioether (sulfide) groups is 1. The van der Waals surface area contributed by atoms with Crippen molar-refractivity contribution in [3.63, 3.8) is 0 Å². The molecule has 0 bridgehead atoms. The number of carbonyl (C=O) groups is 1. The van der Waals surface area contributed by atoms with Crippen LogP contribution in [-0.2, 0) is 0 Å². The van der Waals surface area contributed by atoms with Crippen molar-refractivity contribution in [3.05, 3.63) is 23.8 Å². The van der Waals surface area contributed by atoms with Crippen molar-refractivity contribution in [2.75, 3.05) is 43.8 Å². The van der Waals surface area contributed by atoms with Gasteiger partial charge in [-0.25, -0.2) is 0 Å². The summed E-state index contributed by atoms with van der Waals surface area (Å²) in [7, 11) is 5.50. The maximum atomic E-state index is 11.9. The summed E-state index contributed by atoms with van der Waals surface area (Å²) in [6.45, 7) is 2.16. The molecule has 106 valence electrons. The van der Waals surface area contributed by atoms with Gasteiger partial charge in [-0.05, 0) is 31.4 Å². The van der Waals surface area contributed by atoms with E-state index < -0.39 is 0 Å². The summed E-state index contributed by atoms with van der Waals surface area (Å²) in [6, 6.07) is 5.90. The molecule has 0 fully saturated rings. The highest BCUT2D eigenvalue weighted by Gasteiger charge is 2.15. The van der Waals surface area contributed by atoms with Gasteiger partial charge in [0.2, 0.25) is 0 Å². The largest absolute Gasteiger partial charge is 0.397 e. The van der Waals surface area contributed by atoms with Crippen LogP contribution in [0.2, 0.25) is 0 Å². The smallest absolute Gasteiger partial charge is 0.253 e. The van der Waals surface area contributed by atoms with Crippen LogP contribution in [0.1, 0.15) is 17.3 Å². The van der Waals surface area contributed by atoms with Gasteiger partial charge in [0.05, 0.1) is 11.4 Å². The lowest BCUT2D eigenvalue weighted by molar-refractivity contribution is 0.0827. The highest BCUT2D eigenvalue weighted by molar-refractivity contribution is 7.98. The number of nitrogens with zero attached hydrogens (tertiary/aromatic N) is 2. The first kappa shape index (κ1) is 15.7. The van der Waals surface area contributed by atoms with Gasteiger partial charge in [0, 0.05) is 38.5 Å². The fraction of sp³-hybridized carbons (Fsp3) is 0.500. The Kier molecular flexibility index (Phi) is 5.54. The Hall–Kier alpha value is -1.36. The first-order valence-electron chi connectivity index (χ1n) is 6.21. The number of benzene rings is 1. The molecule has 0 aliphatic heterocycles. The van der Waals surface area contributed by atoms with E-state index in [-0.39, 0.29) is 5.91 Å². The second-order valence-corrected chi connectivity index (χ2v) is 5.80. The number of amides is 1. The normalized spacial score (nSPS) is 12.1. The van der Waals surface area contributed by atoms with Crippen molar-refractivity contribution in [2.24, 2.45) is 0 Å². The Morgan fingerprint density at radius 2 is 2.00 bits per heavy atom. The summed E-state index contributed by atoms with van der Waals surface area (Å²) in [5, 5.41) is 0. The Bertz CT molecular complexity index is 448. The van der Waals surface area contributed by atoms with Gasteiger partial charge in [0.15, 0.2) is 0 Å². The number of hydrogen-bond donors (Lipinski definition) is 1. The number of hydrogen-bond acceptors (Lipinski definition) is 4. The van der Waals surface area contributed by atoms with Crippen molar-refractivity contribution < 1.29 is 4.79 Å². The molecule has 0 spiro atoms. The van der Waals surface area contributed by atoms with Gasteiger partial charge in [-0.1, -0.05) is 0 Å². The summed E-state index contributed by atoms with van der Waals surface area (Å²) in [5.74, 6) is 1.01. The molecule has 1 unspecified atom stereocenters. The molecule has 0 saturated carbocycles. The summed E-state index contributed by atoms with van der Waals surface area (Å²) in [5.41, 5.74) is 8.31. The van der Waals surface area contributed by atoms with E-state index in [9.17, 15) is 4.79 Å². The molecule has 0 aliphatic carbocycles. The second-order valence-electron chi connectivity index (χ2n) is 4.89. The monoisotopic (exact) mass is 281 g/mol. The minimum Gasteiger partial charge on any atom is -0.397 e. The van der Waals surface area contributed by atoms with Gasteiger partial charge in [-0.3, -0.25) is 4.79 Å². The quantitative estimate of drug-likeness (QED) is 0.840. The Morgan fingerprint density at radius 3 is 2.47 bits per heavy atom. The molecule has 1 aromatic carbocycles. The summed E-state index contributed by atoms with van der Waals surface area (Å²) < 4.78 is 0. The minimum absolute atomic E-state index is 0.0296. The van der Waals surface area contributed by atoms with E-state index in [4.69, 9.17) is 5.73 Å². The molecular formula is C14H23N3OS. The maximum absolute atomic E-state index is 11.9. The highest BCUT2D eigenvalue weighted by atomic mass is 32.2. The summed E-state index contributed by atoms with van der Waals surface area (Å²) in [6.07, 6.45) is 2.09. The SMILES string of the molecule is CSCC(C)N(C)c1ccc(C(=O)N(C)C)cc1N. The van der Waals surface area contributed by atoms with E-state index in [0.29, 0.717) is 17.3 Å². The van der Waals surface area contributed by atoms with E-state index >= 15 is 0 Å². The van der Waals surface area contributed by atoms with Crippen molar-refractivity contribution in [1.82, 2.24) is 4.90 Å². The predicted octanol–water partition coefficient (Wildman–Crippen LogP) is 2.16. The second kappa shape index (κ2) is 6.70. The molecular weight excluding hydrogens is 258 g/mol. The molecule has 0 radical (unpaired) electrons. The molecule has 1 aromatic rings. The third kappa shape index (κ3) is 3.80. The van der Waals surface area contributed by atoms with Gasteiger partial charge in [-0.15, -0.1) is 0 Å². The number of anilines is 2. The van der Waals surface area contributed by atoms with E-state index in [2.05, 4.69) is 18.1 Å². The third-order valence-electron chi connectivity index (χ3n) is 3.13. The molecule has 0 aromatic heterocycles. The molecule has 4 nitrogen and oxygen atoms in total. The number of nitrogen functional groups attached to an aromatic ring is 1. The molecule has 5 heteroatoms. The van der Waals surface area contributed by atoms with Gasteiger partial charge in [0.25, 0.3) is 5.91 Å². The van der Waals surface area contributed by atoms with E-state index in [1.165, 1.54) is 0 Å². The van der Waals surface area contributed by atoms with Crippen LogP contribution in [0.3, 0.4) is 0 Å². The number of rotatable bonds is 5. The summed E-state index contributed by atoms with van der Waals surface area (Å²) in [4.78, 5) is 15.6. The average Bonchev–Trinajstić information content (AvgIpc) is 2.37. The molecule has 1 atom stereocenters. The number of nitrogens with two attached hydrogens (primary N) is 1. The van der Waals surface area contributed by atoms with Crippen LogP contribution < -0.4 is 10.6 Å². The average molecular weight is 281 g/mol. The zero-order chi connectivity index (χ0) is 14.6. The standard InChI is InChI=1S/C14H23N3OS/c1-10(9-19-5)17(4)13-7-6-11(8-12(13)15)14(18)16(2)3/h6-8,10H,9,15H2,1-5H3. The van der Waals surface area contributed by atoms with Crippen LogP contribution in [0.4, 0.5) is 11.4 Å².